The monoisotopic (exact) mass is 606 g/mol. The number of hydrogen-bond donors (Lipinski definition) is 0. The van der Waals surface area contributed by atoms with E-state index in [1.165, 1.54) is 11.1 Å². The molecule has 4 rings (SSSR count). The average Bonchev–Trinajstić information content (AvgIpc) is 3.27. The first-order valence-corrected chi connectivity index (χ1v) is 33.9. The minimum absolute atomic E-state index is 0.477. The van der Waals surface area contributed by atoms with Crippen LogP contribution in [0.3, 0.4) is 0 Å². The Morgan fingerprint density at radius 3 is 1.13 bits per heavy atom. The maximum atomic E-state index is 2.79. The standard InChI is InChI=1S/2C16H21.4CH3.H2Si.Zr/c2*1-10(2)14-7-6-13-8-12(5)9-15(13)16(14)11(3)4;;;;;;/h2*6-11H,1-5H3;4*1H3;1H2;. The van der Waals surface area contributed by atoms with Crippen LogP contribution in [0.4, 0.5) is 0 Å². The Labute approximate surface area is 230 Å². The molecular formula is C36H56SiZr. The number of rotatable bonds is 6. The van der Waals surface area contributed by atoms with E-state index in [1.54, 1.807) is 44.5 Å². The SMILES string of the molecule is CC1=Cc2c(ccc(C(C)C)c2C(C)C)[CH]1[Zr]([CH3])([CH3])([CH3])([CH3])(=[SiH2])[CH]1C(C)=Cc2c1ccc(C(C)C)c2C(C)C. The number of allylic oxidation sites excluding steroid dienone is 2. The van der Waals surface area contributed by atoms with Gasteiger partial charge in [-0.1, -0.05) is 0 Å². The van der Waals surface area contributed by atoms with E-state index in [0.717, 1.165) is 0 Å². The number of fused-ring (bicyclic) bond motifs is 2. The van der Waals surface area contributed by atoms with Gasteiger partial charge in [0.05, 0.1) is 0 Å². The third kappa shape index (κ3) is 4.31. The molecule has 2 aromatic rings. The fourth-order valence-electron chi connectivity index (χ4n) is 9.79. The summed E-state index contributed by atoms with van der Waals surface area (Å²) in [4.78, 5) is 0. The van der Waals surface area contributed by atoms with Crippen molar-refractivity contribution in [3.63, 3.8) is 0 Å². The van der Waals surface area contributed by atoms with Gasteiger partial charge < -0.3 is 0 Å². The molecule has 2 atom stereocenters. The van der Waals surface area contributed by atoms with Crippen LogP contribution in [-0.4, -0.2) is 6.88 Å². The van der Waals surface area contributed by atoms with Gasteiger partial charge in [0.25, 0.3) is 0 Å². The molecule has 0 saturated carbocycles. The molecule has 38 heavy (non-hydrogen) atoms. The van der Waals surface area contributed by atoms with Crippen molar-refractivity contribution >= 4 is 19.0 Å². The molecular weight excluding hydrogens is 552 g/mol. The zero-order valence-electron chi connectivity index (χ0n) is 27.1. The Kier molecular flexibility index (Phi) is 6.36. The zero-order valence-corrected chi connectivity index (χ0v) is 31.0. The van der Waals surface area contributed by atoms with E-state index in [-0.39, 0.29) is 0 Å². The topological polar surface area (TPSA) is 0 Å². The van der Waals surface area contributed by atoms with Gasteiger partial charge in [-0.3, -0.25) is 0 Å². The second-order valence-corrected chi connectivity index (χ2v) is 79.0. The summed E-state index contributed by atoms with van der Waals surface area (Å²) < 4.78 is 12.1. The van der Waals surface area contributed by atoms with Crippen molar-refractivity contribution in [1.82, 2.24) is 0 Å². The maximum absolute atomic E-state index is 4.67. The molecule has 2 aliphatic rings. The van der Waals surface area contributed by atoms with E-state index in [2.05, 4.69) is 131 Å². The summed E-state index contributed by atoms with van der Waals surface area (Å²) in [5.41, 5.74) is 15.7. The quantitative estimate of drug-likeness (QED) is 0.287. The van der Waals surface area contributed by atoms with Crippen LogP contribution in [0.2, 0.25) is 18.5 Å². The first-order chi connectivity index (χ1) is 17.0. The first-order valence-electron chi connectivity index (χ1n) is 15.3. The molecule has 0 N–H and O–H groups in total. The van der Waals surface area contributed by atoms with Gasteiger partial charge in [0.1, 0.15) is 0 Å². The molecule has 0 amide bonds. The predicted molar refractivity (Wildman–Crippen MR) is 174 cm³/mol. The average molecular weight is 608 g/mol. The van der Waals surface area contributed by atoms with Crippen LogP contribution in [0.15, 0.2) is 35.4 Å². The van der Waals surface area contributed by atoms with Crippen molar-refractivity contribution in [3.05, 3.63) is 79.9 Å². The van der Waals surface area contributed by atoms with Gasteiger partial charge in [-0.2, -0.15) is 0 Å². The van der Waals surface area contributed by atoms with Crippen molar-refractivity contribution in [2.45, 2.75) is 119 Å². The number of benzene rings is 2. The Hall–Kier alpha value is -0.980. The molecule has 0 aliphatic heterocycles. The van der Waals surface area contributed by atoms with Gasteiger partial charge in [0.15, 0.2) is 0 Å². The Bertz CT molecular complexity index is 1410. The van der Waals surface area contributed by atoms with Gasteiger partial charge in [0, 0.05) is 0 Å². The van der Waals surface area contributed by atoms with Crippen LogP contribution in [0.25, 0.3) is 12.2 Å². The molecule has 0 bridgehead atoms. The van der Waals surface area contributed by atoms with E-state index in [1.807, 2.05) is 0 Å². The third-order valence-corrected chi connectivity index (χ3v) is 34.0. The third-order valence-electron chi connectivity index (χ3n) is 10.4. The van der Waals surface area contributed by atoms with Gasteiger partial charge in [-0.15, -0.1) is 0 Å². The Morgan fingerprint density at radius 1 is 0.553 bits per heavy atom. The molecule has 2 heteroatoms. The van der Waals surface area contributed by atoms with Crippen molar-refractivity contribution < 1.29 is 14.4 Å². The summed E-state index contributed by atoms with van der Waals surface area (Å²) in [5, 5.41) is 0. The molecule has 0 aromatic heterocycles. The van der Waals surface area contributed by atoms with Crippen molar-refractivity contribution in [1.29, 1.82) is 0 Å². The molecule has 0 saturated heterocycles. The van der Waals surface area contributed by atoms with Gasteiger partial charge in [-0.05, 0) is 0 Å². The fraction of sp³-hybridized carbons (Fsp3) is 0.556. The second-order valence-electron chi connectivity index (χ2n) is 18.7. The minimum atomic E-state index is -4.67. The summed E-state index contributed by atoms with van der Waals surface area (Å²) in [7, 11) is 0. The summed E-state index contributed by atoms with van der Waals surface area (Å²) in [6.07, 6.45) is 5.19. The Morgan fingerprint density at radius 2 is 0.868 bits per heavy atom. The normalized spacial score (nSPS) is 22.2. The summed E-state index contributed by atoms with van der Waals surface area (Å²) in [6.45, 7) is 26.3. The predicted octanol–water partition coefficient (Wildman–Crippen LogP) is 11.3. The fourth-order valence-corrected chi connectivity index (χ4v) is 38.6. The van der Waals surface area contributed by atoms with E-state index in [4.69, 9.17) is 0 Å². The molecule has 2 aliphatic carbocycles. The van der Waals surface area contributed by atoms with Gasteiger partial charge in [0.2, 0.25) is 0 Å². The zero-order chi connectivity index (χ0) is 28.9. The molecule has 0 spiro atoms. The van der Waals surface area contributed by atoms with Crippen LogP contribution < -0.4 is 0 Å². The van der Waals surface area contributed by atoms with Crippen LogP contribution in [0, 0.1) is 0 Å². The van der Waals surface area contributed by atoms with Crippen LogP contribution in [-0.2, 0) is 14.4 Å². The van der Waals surface area contributed by atoms with E-state index in [9.17, 15) is 0 Å². The first kappa shape index (κ1) is 30.0. The van der Waals surface area contributed by atoms with Gasteiger partial charge in [-0.25, -0.2) is 0 Å². The summed E-state index contributed by atoms with van der Waals surface area (Å²) in [5.74, 6) is 2.13. The summed E-state index contributed by atoms with van der Waals surface area (Å²) in [6, 6.07) is 10.0. The molecule has 0 fully saturated rings. The Balaban J connectivity index is 2.07. The molecule has 0 heterocycles. The van der Waals surface area contributed by atoms with Crippen LogP contribution in [0.1, 0.15) is 145 Å². The van der Waals surface area contributed by atoms with E-state index < -0.39 is 14.4 Å². The number of hydrogen-bond acceptors (Lipinski definition) is 0. The van der Waals surface area contributed by atoms with Crippen molar-refractivity contribution in [2.75, 3.05) is 0 Å². The van der Waals surface area contributed by atoms with E-state index >= 15 is 0 Å². The molecule has 2 aromatic carbocycles. The molecule has 208 valence electrons. The van der Waals surface area contributed by atoms with Crippen LogP contribution >= 0.6 is 0 Å². The molecule has 2 unspecified atom stereocenters. The van der Waals surface area contributed by atoms with Crippen molar-refractivity contribution in [3.8, 4) is 0 Å². The summed E-state index contributed by atoms with van der Waals surface area (Å²) >= 11 is -4.67. The molecule has 0 nitrogen and oxygen atoms in total. The van der Waals surface area contributed by atoms with Crippen LogP contribution in [0.5, 0.6) is 0 Å². The second kappa shape index (κ2) is 8.06. The molecule has 0 radical (unpaired) electrons. The van der Waals surface area contributed by atoms with E-state index in [0.29, 0.717) is 30.9 Å². The van der Waals surface area contributed by atoms with Crippen molar-refractivity contribution in [2.24, 2.45) is 0 Å². The van der Waals surface area contributed by atoms with Gasteiger partial charge >= 0.3 is 232 Å².